The molecule has 0 saturated carbocycles. The maximum atomic E-state index is 5.64. The monoisotopic (exact) mass is 776 g/mol. The standard InChI is InChI=1S/C44H40N4O2Si2.Zn/c1-49-31-13-9-11-29(27-31)43-39-19-15-35(45-39)33(23-25-51(3,4)5)37-17-21-41(47-37)44(30-12-10-14-32(28-30)50-2)42-22-18-38(48-42)34(24-26-52(6,7)8)36-16-20-40(43)46-36;/h9-22,27-28H,1-8H3;/q-2;+2. The summed E-state index contributed by atoms with van der Waals surface area (Å²) in [7, 11) is -0.168. The van der Waals surface area contributed by atoms with Crippen LogP contribution in [0.5, 0.6) is 11.5 Å². The van der Waals surface area contributed by atoms with Gasteiger partial charge >= 0.3 is 19.5 Å². The number of fused-ring (bicyclic) bond motifs is 8. The van der Waals surface area contributed by atoms with Gasteiger partial charge in [-0.05, 0) is 70.8 Å². The molecule has 258 valence electrons. The molecule has 6 nitrogen and oxygen atoms in total. The molecule has 0 spiro atoms. The van der Waals surface area contributed by atoms with Crippen molar-refractivity contribution >= 4 is 62.5 Å². The summed E-state index contributed by atoms with van der Waals surface area (Å²) in [6, 6.07) is 24.2. The summed E-state index contributed by atoms with van der Waals surface area (Å²) in [5, 5.41) is 0. The zero-order valence-electron chi connectivity index (χ0n) is 31.6. The van der Waals surface area contributed by atoms with Gasteiger partial charge in [-0.1, -0.05) is 99.7 Å². The number of benzene rings is 2. The van der Waals surface area contributed by atoms with E-state index < -0.39 is 16.1 Å². The van der Waals surface area contributed by atoms with Gasteiger partial charge in [0.15, 0.2) is 0 Å². The largest absolute Gasteiger partial charge is 2.00 e. The Morgan fingerprint density at radius 1 is 0.509 bits per heavy atom. The van der Waals surface area contributed by atoms with E-state index in [4.69, 9.17) is 29.4 Å². The topological polar surface area (TPSA) is 72.4 Å². The summed E-state index contributed by atoms with van der Waals surface area (Å²) >= 11 is 0. The van der Waals surface area contributed by atoms with Crippen LogP contribution in [0.15, 0.2) is 72.8 Å². The molecule has 0 N–H and O–H groups in total. The predicted octanol–water partition coefficient (Wildman–Crippen LogP) is 9.72. The van der Waals surface area contributed by atoms with Crippen LogP contribution >= 0.6 is 0 Å². The Hall–Kier alpha value is -5.18. The first-order valence-electron chi connectivity index (χ1n) is 17.3. The summed E-state index contributed by atoms with van der Waals surface area (Å²) in [5.74, 6) is 8.57. The van der Waals surface area contributed by atoms with E-state index in [0.29, 0.717) is 0 Å². The van der Waals surface area contributed by atoms with Crippen LogP contribution in [0.1, 0.15) is 33.9 Å². The van der Waals surface area contributed by atoms with Crippen molar-refractivity contribution in [1.82, 2.24) is 19.9 Å². The molecule has 0 aliphatic carbocycles. The van der Waals surface area contributed by atoms with Crippen molar-refractivity contribution in [3.8, 4) is 56.7 Å². The molecule has 5 heterocycles. The summed E-state index contributed by atoms with van der Waals surface area (Å²) in [5.41, 5.74) is 18.6. The number of nitrogens with zero attached hydrogens (tertiary/aromatic N) is 4. The van der Waals surface area contributed by atoms with Crippen molar-refractivity contribution in [2.75, 3.05) is 14.2 Å². The zero-order chi connectivity index (χ0) is 36.6. The molecule has 8 bridgehead atoms. The molecule has 3 aromatic heterocycles. The van der Waals surface area contributed by atoms with Crippen LogP contribution in [0, 0.1) is 22.9 Å². The molecule has 53 heavy (non-hydrogen) atoms. The van der Waals surface area contributed by atoms with Crippen molar-refractivity contribution in [2.45, 2.75) is 39.3 Å². The maximum Gasteiger partial charge on any atom is 2.00 e. The smallest absolute Gasteiger partial charge is 0.656 e. The molecule has 2 aliphatic heterocycles. The van der Waals surface area contributed by atoms with Crippen LogP contribution in [0.25, 0.3) is 68.6 Å². The third kappa shape index (κ3) is 8.24. The van der Waals surface area contributed by atoms with Gasteiger partial charge in [-0.2, -0.15) is 0 Å². The van der Waals surface area contributed by atoms with Crippen LogP contribution in [-0.4, -0.2) is 40.3 Å². The molecule has 0 atom stereocenters. The van der Waals surface area contributed by atoms with Crippen molar-refractivity contribution < 1.29 is 29.0 Å². The molecular weight excluding hydrogens is 738 g/mol. The Bertz CT molecular complexity index is 2420. The van der Waals surface area contributed by atoms with Gasteiger partial charge in [0.05, 0.1) is 37.0 Å². The Labute approximate surface area is 326 Å². The van der Waals surface area contributed by atoms with Gasteiger partial charge in [-0.25, -0.2) is 9.97 Å². The van der Waals surface area contributed by atoms with E-state index in [1.807, 2.05) is 85.0 Å². The fourth-order valence-corrected chi connectivity index (χ4v) is 6.99. The normalized spacial score (nSPS) is 11.9. The fraction of sp³-hybridized carbons (Fsp3) is 0.182. The molecule has 0 unspecified atom stereocenters. The van der Waals surface area contributed by atoms with E-state index in [2.05, 4.69) is 74.3 Å². The molecule has 5 aromatic rings. The number of hydrogen-bond acceptors (Lipinski definition) is 4. The minimum atomic E-state index is -1.76. The minimum absolute atomic E-state index is 0. The predicted molar refractivity (Wildman–Crippen MR) is 221 cm³/mol. The third-order valence-corrected chi connectivity index (χ3v) is 10.2. The number of ether oxygens (including phenoxy) is 2. The van der Waals surface area contributed by atoms with E-state index in [-0.39, 0.29) is 19.5 Å². The van der Waals surface area contributed by atoms with Gasteiger partial charge in [0.1, 0.15) is 27.6 Å². The summed E-state index contributed by atoms with van der Waals surface area (Å²) < 4.78 is 11.3. The van der Waals surface area contributed by atoms with Crippen molar-refractivity contribution in [3.63, 3.8) is 0 Å². The first kappa shape index (κ1) is 37.6. The van der Waals surface area contributed by atoms with Crippen LogP contribution in [0.4, 0.5) is 0 Å². The first-order chi connectivity index (χ1) is 24.9. The van der Waals surface area contributed by atoms with Gasteiger partial charge in [0.2, 0.25) is 0 Å². The second-order valence-corrected chi connectivity index (χ2v) is 24.3. The summed E-state index contributed by atoms with van der Waals surface area (Å²) in [4.78, 5) is 21.0. The maximum absolute atomic E-state index is 5.64. The number of hydrogen-bond donors (Lipinski definition) is 0. The Morgan fingerprint density at radius 2 is 0.887 bits per heavy atom. The summed E-state index contributed by atoms with van der Waals surface area (Å²) in [6.45, 7) is 13.4. The second-order valence-electron chi connectivity index (χ2n) is 14.8. The van der Waals surface area contributed by atoms with Gasteiger partial charge in [-0.15, -0.1) is 33.2 Å². The van der Waals surface area contributed by atoms with Crippen molar-refractivity contribution in [2.24, 2.45) is 0 Å². The van der Waals surface area contributed by atoms with Crippen LogP contribution < -0.4 is 19.4 Å². The third-order valence-electron chi connectivity index (χ3n) is 8.45. The van der Waals surface area contributed by atoms with Crippen LogP contribution in [0.3, 0.4) is 0 Å². The molecule has 2 aromatic carbocycles. The average Bonchev–Trinajstić information content (AvgIpc) is 3.94. The Morgan fingerprint density at radius 3 is 1.26 bits per heavy atom. The average molecular weight is 778 g/mol. The van der Waals surface area contributed by atoms with Gasteiger partial charge in [0, 0.05) is 11.1 Å². The van der Waals surface area contributed by atoms with Crippen molar-refractivity contribution in [3.05, 3.63) is 107 Å². The second kappa shape index (κ2) is 15.0. The molecule has 0 amide bonds. The SMILES string of the molecule is COc1cccc(-c2c3nc(c(C#C[Si](C)(C)C)c4ccc([n-]4)c(-c4cccc(OC)c4)c4nc(c(C#C[Si](C)(C)C)c5ccc2[n-]5)C=C4)C=C3)c1.[Zn+2]. The number of aromatic nitrogens is 4. The van der Waals surface area contributed by atoms with Gasteiger partial charge in [0.25, 0.3) is 0 Å². The van der Waals surface area contributed by atoms with Crippen LogP contribution in [0.2, 0.25) is 39.3 Å². The number of rotatable bonds is 4. The molecule has 0 saturated heterocycles. The van der Waals surface area contributed by atoms with Crippen LogP contribution in [-0.2, 0) is 19.5 Å². The quantitative estimate of drug-likeness (QED) is 0.131. The van der Waals surface area contributed by atoms with Crippen molar-refractivity contribution in [1.29, 1.82) is 0 Å². The van der Waals surface area contributed by atoms with Gasteiger partial charge in [-0.3, -0.25) is 0 Å². The molecule has 9 heteroatoms. The number of methoxy groups -OCH3 is 2. The minimum Gasteiger partial charge on any atom is -0.656 e. The molecule has 7 rings (SSSR count). The van der Waals surface area contributed by atoms with E-state index in [9.17, 15) is 0 Å². The van der Waals surface area contributed by atoms with E-state index in [1.165, 1.54) is 0 Å². The zero-order valence-corrected chi connectivity index (χ0v) is 36.5. The Kier molecular flexibility index (Phi) is 10.7. The first-order valence-corrected chi connectivity index (χ1v) is 24.3. The summed E-state index contributed by atoms with van der Waals surface area (Å²) in [6.07, 6.45) is 8.16. The van der Waals surface area contributed by atoms with E-state index in [0.717, 1.165) is 89.7 Å². The van der Waals surface area contributed by atoms with Gasteiger partial charge < -0.3 is 19.4 Å². The molecule has 0 fully saturated rings. The van der Waals surface area contributed by atoms with E-state index >= 15 is 0 Å². The molecule has 0 radical (unpaired) electrons. The molecule has 2 aliphatic rings. The fourth-order valence-electron chi connectivity index (χ4n) is 5.99. The Balaban J connectivity index is 0.00000481. The molecular formula is C44H40N4O2Si2Zn. The van der Waals surface area contributed by atoms with E-state index in [1.54, 1.807) is 14.2 Å².